The van der Waals surface area contributed by atoms with Crippen molar-refractivity contribution in [3.8, 4) is 0 Å². The summed E-state index contributed by atoms with van der Waals surface area (Å²) in [4.78, 5) is 44.3. The fourth-order valence-electron chi connectivity index (χ4n) is 4.78. The maximum Gasteiger partial charge on any atom is 0.325 e. The maximum atomic E-state index is 13.6. The normalized spacial score (nSPS) is 21.9. The van der Waals surface area contributed by atoms with E-state index in [9.17, 15) is 14.4 Å². The van der Waals surface area contributed by atoms with Crippen LogP contribution in [0.1, 0.15) is 45.1 Å². The number of carbonyl (C=O) groups is 3. The first-order valence-electron chi connectivity index (χ1n) is 12.1. The Labute approximate surface area is 208 Å². The summed E-state index contributed by atoms with van der Waals surface area (Å²) in [6, 6.07) is 7.10. The van der Waals surface area contributed by atoms with Crippen molar-refractivity contribution in [3.63, 3.8) is 0 Å². The first-order valence-corrected chi connectivity index (χ1v) is 12.5. The Bertz CT molecular complexity index is 924. The number of rotatable bonds is 9. The molecule has 1 unspecified atom stereocenters. The minimum Gasteiger partial charge on any atom is -0.339 e. The van der Waals surface area contributed by atoms with Crippen LogP contribution in [0.4, 0.5) is 4.79 Å². The van der Waals surface area contributed by atoms with Gasteiger partial charge in [-0.05, 0) is 69.3 Å². The van der Waals surface area contributed by atoms with Crippen molar-refractivity contribution in [1.29, 1.82) is 0 Å². The second-order valence-electron chi connectivity index (χ2n) is 10.0. The third-order valence-electron chi connectivity index (χ3n) is 6.90. The molecule has 0 bridgehead atoms. The molecule has 1 aromatic carbocycles. The lowest BCUT2D eigenvalue weighted by Crippen LogP contribution is -2.56. The van der Waals surface area contributed by atoms with Crippen molar-refractivity contribution in [1.82, 2.24) is 20.0 Å². The zero-order valence-corrected chi connectivity index (χ0v) is 21.5. The van der Waals surface area contributed by atoms with Gasteiger partial charge in [0.2, 0.25) is 5.91 Å². The fourth-order valence-corrected chi connectivity index (χ4v) is 4.98. The quantitative estimate of drug-likeness (QED) is 0.423. The third-order valence-corrected chi connectivity index (χ3v) is 7.25. The number of likely N-dealkylation sites (N-methyl/N-ethyl adjacent to an activating group) is 1. The Kier molecular flexibility index (Phi) is 8.77. The molecule has 3 rings (SSSR count). The van der Waals surface area contributed by atoms with E-state index < -0.39 is 5.54 Å². The Balaban J connectivity index is 1.69. The van der Waals surface area contributed by atoms with Gasteiger partial charge < -0.3 is 15.1 Å². The van der Waals surface area contributed by atoms with E-state index in [-0.39, 0.29) is 23.8 Å². The van der Waals surface area contributed by atoms with E-state index in [0.717, 1.165) is 12.0 Å². The monoisotopic (exact) mass is 488 g/mol. The lowest BCUT2D eigenvalue weighted by Gasteiger charge is -2.41. The van der Waals surface area contributed by atoms with E-state index in [2.05, 4.69) is 19.2 Å². The Morgan fingerprint density at radius 3 is 2.53 bits per heavy atom. The van der Waals surface area contributed by atoms with Gasteiger partial charge in [0.15, 0.2) is 0 Å². The predicted octanol–water partition coefficient (Wildman–Crippen LogP) is 3.88. The molecule has 4 amide bonds. The first-order chi connectivity index (χ1) is 16.1. The molecule has 0 aliphatic carbocycles. The lowest BCUT2D eigenvalue weighted by molar-refractivity contribution is -0.135. The van der Waals surface area contributed by atoms with Crippen molar-refractivity contribution >= 4 is 35.5 Å². The van der Waals surface area contributed by atoms with Crippen molar-refractivity contribution < 1.29 is 14.4 Å². The number of imide groups is 1. The van der Waals surface area contributed by atoms with Gasteiger partial charge in [-0.25, -0.2) is 4.79 Å². The first kappa shape index (κ1) is 26.2. The van der Waals surface area contributed by atoms with Crippen LogP contribution in [0.25, 0.3) is 6.08 Å². The molecule has 2 fully saturated rings. The molecule has 0 saturated carbocycles. The fraction of sp³-hybridized carbons (Fsp3) is 0.577. The van der Waals surface area contributed by atoms with E-state index in [0.29, 0.717) is 56.4 Å². The van der Waals surface area contributed by atoms with Gasteiger partial charge in [-0.2, -0.15) is 0 Å². The summed E-state index contributed by atoms with van der Waals surface area (Å²) in [6.07, 6.45) is 6.13. The van der Waals surface area contributed by atoms with Crippen molar-refractivity contribution in [2.24, 2.45) is 11.8 Å². The molecule has 7 nitrogen and oxygen atoms in total. The van der Waals surface area contributed by atoms with Gasteiger partial charge in [-0.15, -0.1) is 0 Å². The van der Waals surface area contributed by atoms with E-state index in [4.69, 9.17) is 11.6 Å². The van der Waals surface area contributed by atoms with E-state index in [1.807, 2.05) is 42.1 Å². The number of halogens is 1. The highest BCUT2D eigenvalue weighted by Crippen LogP contribution is 2.38. The standard InChI is InChI=1S/C26H37ClN4O3/c1-19(2)11-14-26(24(33)31(25(34)28-26)18-17-29(3)4)21-12-15-30(16-13-21)23(32)10-9-20-7-5-6-8-22(20)27/h5-10,19,21H,11-18H2,1-4H3,(H,28,34)/b10-9+. The van der Waals surface area contributed by atoms with E-state index in [1.165, 1.54) is 4.90 Å². The van der Waals surface area contributed by atoms with Crippen LogP contribution in [0.3, 0.4) is 0 Å². The van der Waals surface area contributed by atoms with Crippen LogP contribution in [-0.2, 0) is 9.59 Å². The Morgan fingerprint density at radius 1 is 1.24 bits per heavy atom. The smallest absolute Gasteiger partial charge is 0.325 e. The van der Waals surface area contributed by atoms with Gasteiger partial charge in [0, 0.05) is 37.3 Å². The molecule has 1 atom stereocenters. The van der Waals surface area contributed by atoms with Gasteiger partial charge in [0.25, 0.3) is 5.91 Å². The van der Waals surface area contributed by atoms with E-state index in [1.54, 1.807) is 18.2 Å². The number of carbonyl (C=O) groups excluding carboxylic acids is 3. The van der Waals surface area contributed by atoms with Crippen molar-refractivity contribution in [2.75, 3.05) is 40.3 Å². The topological polar surface area (TPSA) is 73.0 Å². The molecule has 2 aliphatic rings. The number of piperidine rings is 1. The average molecular weight is 489 g/mol. The highest BCUT2D eigenvalue weighted by atomic mass is 35.5. The average Bonchev–Trinajstić information content (AvgIpc) is 3.05. The summed E-state index contributed by atoms with van der Waals surface area (Å²) in [6.45, 7) is 6.38. The van der Waals surface area contributed by atoms with Crippen LogP contribution in [0, 0.1) is 11.8 Å². The molecule has 1 N–H and O–H groups in total. The summed E-state index contributed by atoms with van der Waals surface area (Å²) < 4.78 is 0. The number of urea groups is 1. The highest BCUT2D eigenvalue weighted by Gasteiger charge is 2.55. The lowest BCUT2D eigenvalue weighted by atomic mass is 9.74. The van der Waals surface area contributed by atoms with Crippen molar-refractivity contribution in [2.45, 2.75) is 45.1 Å². The Morgan fingerprint density at radius 2 is 1.91 bits per heavy atom. The minimum absolute atomic E-state index is 0.00338. The minimum atomic E-state index is -0.879. The van der Waals surface area contributed by atoms with Gasteiger partial charge in [0.1, 0.15) is 5.54 Å². The van der Waals surface area contributed by atoms with Crippen LogP contribution in [0.5, 0.6) is 0 Å². The molecule has 2 saturated heterocycles. The molecule has 1 aromatic rings. The molecule has 34 heavy (non-hydrogen) atoms. The number of likely N-dealkylation sites (tertiary alicyclic amines) is 1. The molecule has 2 aliphatic heterocycles. The summed E-state index contributed by atoms with van der Waals surface area (Å²) in [5.74, 6) is 0.255. The van der Waals surface area contributed by atoms with Crippen LogP contribution in [0.15, 0.2) is 30.3 Å². The van der Waals surface area contributed by atoms with Gasteiger partial charge in [-0.1, -0.05) is 43.6 Å². The molecule has 2 heterocycles. The van der Waals surface area contributed by atoms with Gasteiger partial charge >= 0.3 is 6.03 Å². The summed E-state index contributed by atoms with van der Waals surface area (Å²) in [7, 11) is 3.86. The summed E-state index contributed by atoms with van der Waals surface area (Å²) >= 11 is 6.18. The van der Waals surface area contributed by atoms with Crippen LogP contribution < -0.4 is 5.32 Å². The number of nitrogens with one attached hydrogen (secondary N) is 1. The molecular weight excluding hydrogens is 452 g/mol. The third kappa shape index (κ3) is 5.99. The number of hydrogen-bond donors (Lipinski definition) is 1. The zero-order valence-electron chi connectivity index (χ0n) is 20.7. The SMILES string of the molecule is CC(C)CCC1(C2CCN(C(=O)/C=C/c3ccccc3Cl)CC2)NC(=O)N(CCN(C)C)C1=O. The molecule has 8 heteroatoms. The number of nitrogens with zero attached hydrogens (tertiary/aromatic N) is 3. The van der Waals surface area contributed by atoms with Gasteiger partial charge in [-0.3, -0.25) is 14.5 Å². The van der Waals surface area contributed by atoms with E-state index >= 15 is 0 Å². The molecule has 0 spiro atoms. The zero-order chi connectivity index (χ0) is 24.9. The number of benzene rings is 1. The van der Waals surface area contributed by atoms with Crippen molar-refractivity contribution in [3.05, 3.63) is 40.9 Å². The summed E-state index contributed by atoms with van der Waals surface area (Å²) in [5.41, 5.74) is -0.0759. The maximum absolute atomic E-state index is 13.6. The molecule has 186 valence electrons. The molecule has 0 radical (unpaired) electrons. The van der Waals surface area contributed by atoms with Gasteiger partial charge in [0.05, 0.1) is 0 Å². The molecular formula is C26H37ClN4O3. The number of hydrogen-bond acceptors (Lipinski definition) is 4. The second-order valence-corrected chi connectivity index (χ2v) is 10.5. The largest absolute Gasteiger partial charge is 0.339 e. The van der Waals surface area contributed by atoms with Crippen LogP contribution in [0.2, 0.25) is 5.02 Å². The van der Waals surface area contributed by atoms with Crippen LogP contribution >= 0.6 is 11.6 Å². The highest BCUT2D eigenvalue weighted by molar-refractivity contribution is 6.32. The number of amides is 4. The van der Waals surface area contributed by atoms with Crippen LogP contribution in [-0.4, -0.2) is 78.4 Å². The second kappa shape index (κ2) is 11.4. The predicted molar refractivity (Wildman–Crippen MR) is 135 cm³/mol. The summed E-state index contributed by atoms with van der Waals surface area (Å²) in [5, 5.41) is 3.70. The molecule has 0 aromatic heterocycles. The Hall–Kier alpha value is -2.38.